The molecule has 0 radical (unpaired) electrons. The van der Waals surface area contributed by atoms with Gasteiger partial charge in [0.25, 0.3) is 5.91 Å². The minimum absolute atomic E-state index is 0.0528. The van der Waals surface area contributed by atoms with Crippen LogP contribution in [0.4, 0.5) is 4.39 Å². The van der Waals surface area contributed by atoms with E-state index in [4.69, 9.17) is 4.74 Å². The second-order valence-electron chi connectivity index (χ2n) is 9.31. The van der Waals surface area contributed by atoms with Gasteiger partial charge in [-0.2, -0.15) is 0 Å². The Labute approximate surface area is 194 Å². The third kappa shape index (κ3) is 6.23. The van der Waals surface area contributed by atoms with E-state index in [1.54, 1.807) is 31.8 Å². The molecule has 0 N–H and O–H groups in total. The van der Waals surface area contributed by atoms with Gasteiger partial charge in [-0.1, -0.05) is 0 Å². The number of thioether (sulfide) groups is 1. The molecule has 2 fully saturated rings. The Morgan fingerprint density at radius 1 is 1.16 bits per heavy atom. The fourth-order valence-corrected chi connectivity index (χ4v) is 5.17. The molecule has 0 atom stereocenters. The van der Waals surface area contributed by atoms with Gasteiger partial charge in [-0.25, -0.2) is 4.39 Å². The largest absolute Gasteiger partial charge is 0.493 e. The van der Waals surface area contributed by atoms with E-state index in [0.29, 0.717) is 24.6 Å². The van der Waals surface area contributed by atoms with Crippen LogP contribution in [-0.2, 0) is 0 Å². The molecule has 4 rings (SSSR count). The van der Waals surface area contributed by atoms with Crippen LogP contribution in [0.1, 0.15) is 37.0 Å². The van der Waals surface area contributed by atoms with Crippen LogP contribution in [0.15, 0.2) is 42.6 Å². The van der Waals surface area contributed by atoms with Crippen molar-refractivity contribution in [3.8, 4) is 17.0 Å². The lowest BCUT2D eigenvalue weighted by Gasteiger charge is -2.34. The molecule has 0 aliphatic carbocycles. The molecule has 2 saturated heterocycles. The topological polar surface area (TPSA) is 45.7 Å². The zero-order valence-corrected chi connectivity index (χ0v) is 19.7. The Bertz CT molecular complexity index is 885. The van der Waals surface area contributed by atoms with Gasteiger partial charge in [0.1, 0.15) is 11.4 Å². The van der Waals surface area contributed by atoms with Crippen LogP contribution in [0, 0.1) is 5.92 Å². The Hall–Kier alpha value is -2.12. The number of rotatable bonds is 7. The average molecular weight is 458 g/mol. The summed E-state index contributed by atoms with van der Waals surface area (Å²) in [5, 5.41) is 0. The van der Waals surface area contributed by atoms with Crippen molar-refractivity contribution in [3.63, 3.8) is 0 Å². The molecule has 172 valence electrons. The quantitative estimate of drug-likeness (QED) is 0.601. The van der Waals surface area contributed by atoms with E-state index in [1.807, 2.05) is 41.3 Å². The van der Waals surface area contributed by atoms with Gasteiger partial charge >= 0.3 is 0 Å². The predicted molar refractivity (Wildman–Crippen MR) is 128 cm³/mol. The van der Waals surface area contributed by atoms with Crippen molar-refractivity contribution in [2.24, 2.45) is 5.92 Å². The van der Waals surface area contributed by atoms with Crippen molar-refractivity contribution in [1.82, 2.24) is 14.8 Å². The number of halogens is 1. The maximum absolute atomic E-state index is 13.8. The van der Waals surface area contributed by atoms with Crippen molar-refractivity contribution in [1.29, 1.82) is 0 Å². The molecule has 1 amide bonds. The second kappa shape index (κ2) is 10.2. The molecule has 2 aliphatic heterocycles. The van der Waals surface area contributed by atoms with E-state index in [9.17, 15) is 9.18 Å². The molecule has 0 unspecified atom stereocenters. The Balaban J connectivity index is 1.26. The minimum atomic E-state index is -1.14. The van der Waals surface area contributed by atoms with Gasteiger partial charge < -0.3 is 14.5 Å². The molecule has 7 heteroatoms. The molecule has 5 nitrogen and oxygen atoms in total. The number of aromatic nitrogens is 1. The van der Waals surface area contributed by atoms with Crippen molar-refractivity contribution in [2.75, 3.05) is 44.4 Å². The molecule has 32 heavy (non-hydrogen) atoms. The third-order valence-corrected chi connectivity index (χ3v) is 6.96. The smallest absolute Gasteiger partial charge is 0.256 e. The summed E-state index contributed by atoms with van der Waals surface area (Å²) in [5.41, 5.74) is 1.34. The summed E-state index contributed by atoms with van der Waals surface area (Å²) in [4.78, 5) is 21.0. The molecule has 0 bridgehead atoms. The van der Waals surface area contributed by atoms with Crippen LogP contribution in [-0.4, -0.2) is 70.8 Å². The molecule has 0 saturated carbocycles. The van der Waals surface area contributed by atoms with Gasteiger partial charge in [-0.05, 0) is 82.1 Å². The average Bonchev–Trinajstić information content (AvgIpc) is 3.33. The minimum Gasteiger partial charge on any atom is -0.493 e. The van der Waals surface area contributed by atoms with Crippen LogP contribution in [0.3, 0.4) is 0 Å². The number of hydrogen-bond acceptors (Lipinski definition) is 5. The van der Waals surface area contributed by atoms with Crippen LogP contribution in [0.5, 0.6) is 5.75 Å². The maximum Gasteiger partial charge on any atom is 0.256 e. The molecular formula is C25H32FN3O2S. The van der Waals surface area contributed by atoms with Gasteiger partial charge in [-0.15, -0.1) is 11.8 Å². The van der Waals surface area contributed by atoms with E-state index in [0.717, 1.165) is 61.1 Å². The van der Waals surface area contributed by atoms with E-state index >= 15 is 0 Å². The maximum atomic E-state index is 13.8. The summed E-state index contributed by atoms with van der Waals surface area (Å²) >= 11 is 1.78. The first-order valence-corrected chi connectivity index (χ1v) is 12.5. The van der Waals surface area contributed by atoms with Crippen LogP contribution in [0.25, 0.3) is 11.3 Å². The van der Waals surface area contributed by atoms with Gasteiger partial charge in [0.05, 0.1) is 23.7 Å². The lowest BCUT2D eigenvalue weighted by atomic mass is 9.97. The molecule has 1 aromatic carbocycles. The Morgan fingerprint density at radius 2 is 1.91 bits per heavy atom. The highest BCUT2D eigenvalue weighted by Gasteiger charge is 2.25. The highest BCUT2D eigenvalue weighted by molar-refractivity contribution is 7.99. The lowest BCUT2D eigenvalue weighted by Crippen LogP contribution is -2.41. The zero-order valence-electron chi connectivity index (χ0n) is 18.9. The van der Waals surface area contributed by atoms with Gasteiger partial charge in [-0.3, -0.25) is 9.78 Å². The number of carbonyl (C=O) groups is 1. The summed E-state index contributed by atoms with van der Waals surface area (Å²) in [6.07, 6.45) is 3.75. The van der Waals surface area contributed by atoms with Crippen LogP contribution in [0.2, 0.25) is 0 Å². The molecular weight excluding hydrogens is 425 g/mol. The van der Waals surface area contributed by atoms with E-state index in [2.05, 4.69) is 9.88 Å². The summed E-state index contributed by atoms with van der Waals surface area (Å²) in [6, 6.07) is 11.7. The van der Waals surface area contributed by atoms with Crippen molar-refractivity contribution < 1.29 is 13.9 Å². The van der Waals surface area contributed by atoms with Gasteiger partial charge in [0.2, 0.25) is 0 Å². The van der Waals surface area contributed by atoms with E-state index in [-0.39, 0.29) is 5.91 Å². The normalized spacial score (nSPS) is 18.2. The van der Waals surface area contributed by atoms with Crippen molar-refractivity contribution in [3.05, 3.63) is 48.2 Å². The molecule has 0 spiro atoms. The van der Waals surface area contributed by atoms with Crippen LogP contribution >= 0.6 is 11.8 Å². The number of likely N-dealkylation sites (tertiary alicyclic amines) is 1. The third-order valence-electron chi connectivity index (χ3n) is 5.99. The number of nitrogens with zero attached hydrogens (tertiary/aromatic N) is 3. The number of ether oxygens (including phenoxy) is 1. The number of amides is 1. The molecule has 2 aromatic rings. The summed E-state index contributed by atoms with van der Waals surface area (Å²) < 4.78 is 19.8. The number of benzene rings is 1. The number of piperidine rings is 1. The van der Waals surface area contributed by atoms with Gasteiger partial charge in [0, 0.05) is 30.6 Å². The molecule has 3 heterocycles. The fraction of sp³-hybridized carbons (Fsp3) is 0.520. The van der Waals surface area contributed by atoms with E-state index < -0.39 is 5.67 Å². The molecule has 1 aromatic heterocycles. The summed E-state index contributed by atoms with van der Waals surface area (Å²) in [5.74, 6) is 3.17. The van der Waals surface area contributed by atoms with Crippen molar-refractivity contribution >= 4 is 17.7 Å². The first-order valence-electron chi connectivity index (χ1n) is 11.3. The van der Waals surface area contributed by atoms with Crippen molar-refractivity contribution in [2.45, 2.75) is 32.4 Å². The number of pyridine rings is 1. The number of hydrogen-bond donors (Lipinski definition) is 0. The summed E-state index contributed by atoms with van der Waals surface area (Å²) in [6.45, 7) is 7.15. The lowest BCUT2D eigenvalue weighted by molar-refractivity contribution is 0.0802. The highest BCUT2D eigenvalue weighted by Crippen LogP contribution is 2.25. The van der Waals surface area contributed by atoms with Gasteiger partial charge in [0.15, 0.2) is 0 Å². The van der Waals surface area contributed by atoms with Crippen LogP contribution < -0.4 is 4.74 Å². The number of carbonyl (C=O) groups excluding carboxylic acids is 1. The SMILES string of the molecule is CC(C)(F)CN1CCC(COc2ccc(-c3ccc(C(=O)N4CCSC4)cn3)cc2)CC1. The zero-order chi connectivity index (χ0) is 22.6. The Kier molecular flexibility index (Phi) is 7.36. The first-order chi connectivity index (χ1) is 15.4. The fourth-order valence-electron chi connectivity index (χ4n) is 4.23. The Morgan fingerprint density at radius 3 is 2.50 bits per heavy atom. The predicted octanol–water partition coefficient (Wildman–Crippen LogP) is 4.73. The first kappa shape index (κ1) is 23.1. The summed E-state index contributed by atoms with van der Waals surface area (Å²) in [7, 11) is 0. The van der Waals surface area contributed by atoms with E-state index in [1.165, 1.54) is 0 Å². The second-order valence-corrected chi connectivity index (χ2v) is 10.4. The highest BCUT2D eigenvalue weighted by atomic mass is 32.2. The number of alkyl halides is 1. The monoisotopic (exact) mass is 457 g/mol. The molecule has 2 aliphatic rings. The standard InChI is InChI=1S/C25H32FN3O2S/c1-25(2,26)17-28-11-9-19(10-12-28)16-31-22-6-3-20(4-7-22)23-8-5-21(15-27-23)24(30)29-13-14-32-18-29/h3-8,15,19H,9-14,16-18H2,1-2H3.